The number of thioether (sulfide) groups is 1. The SMILES string of the molecule is CSCCC(C=O)N1CC(Oc2ccccc2Cl)=CC1=O. The third-order valence-corrected chi connectivity index (χ3v) is 4.10. The first-order valence-corrected chi connectivity index (χ1v) is 8.30. The summed E-state index contributed by atoms with van der Waals surface area (Å²) < 4.78 is 5.65. The average Bonchev–Trinajstić information content (AvgIpc) is 2.83. The lowest BCUT2D eigenvalue weighted by atomic mass is 10.2. The molecule has 112 valence electrons. The number of carbonyl (C=O) groups is 2. The Morgan fingerprint density at radius 1 is 1.48 bits per heavy atom. The lowest BCUT2D eigenvalue weighted by Crippen LogP contribution is -2.38. The molecule has 6 heteroatoms. The third-order valence-electron chi connectivity index (χ3n) is 3.15. The second-order valence-electron chi connectivity index (χ2n) is 4.59. The molecule has 1 aliphatic rings. The summed E-state index contributed by atoms with van der Waals surface area (Å²) in [5, 5.41) is 0.485. The van der Waals surface area contributed by atoms with Gasteiger partial charge in [0.15, 0.2) is 0 Å². The summed E-state index contributed by atoms with van der Waals surface area (Å²) in [5.74, 6) is 1.64. The van der Waals surface area contributed by atoms with Gasteiger partial charge in [-0.1, -0.05) is 23.7 Å². The fraction of sp³-hybridized carbons (Fsp3) is 0.333. The maximum atomic E-state index is 12.0. The number of aldehydes is 1. The second-order valence-corrected chi connectivity index (χ2v) is 5.99. The number of nitrogens with zero attached hydrogens (tertiary/aromatic N) is 1. The fourth-order valence-corrected chi connectivity index (χ4v) is 2.71. The minimum atomic E-state index is -0.409. The first kappa shape index (κ1) is 15.9. The largest absolute Gasteiger partial charge is 0.458 e. The first-order chi connectivity index (χ1) is 10.2. The highest BCUT2D eigenvalue weighted by Gasteiger charge is 2.29. The number of rotatable bonds is 7. The molecular formula is C15H16ClNO3S. The molecule has 2 rings (SSSR count). The standard InChI is InChI=1S/C15H16ClNO3S/c1-21-7-6-11(10-18)17-9-12(8-15(17)19)20-14-5-3-2-4-13(14)16/h2-5,8,10-11H,6-7,9H2,1H3. The first-order valence-electron chi connectivity index (χ1n) is 6.53. The minimum Gasteiger partial charge on any atom is -0.458 e. The van der Waals surface area contributed by atoms with E-state index in [1.165, 1.54) is 11.0 Å². The quantitative estimate of drug-likeness (QED) is 0.723. The maximum absolute atomic E-state index is 12.0. The highest BCUT2D eigenvalue weighted by atomic mass is 35.5. The van der Waals surface area contributed by atoms with Crippen molar-refractivity contribution in [3.05, 3.63) is 41.1 Å². The Balaban J connectivity index is 2.02. The molecule has 1 aliphatic heterocycles. The summed E-state index contributed by atoms with van der Waals surface area (Å²) in [7, 11) is 0. The molecule has 1 unspecified atom stereocenters. The van der Waals surface area contributed by atoms with Gasteiger partial charge in [0.05, 0.1) is 17.6 Å². The van der Waals surface area contributed by atoms with Crippen molar-refractivity contribution >= 4 is 35.6 Å². The zero-order valence-electron chi connectivity index (χ0n) is 11.6. The topological polar surface area (TPSA) is 46.6 Å². The zero-order valence-corrected chi connectivity index (χ0v) is 13.2. The molecule has 1 atom stereocenters. The van der Waals surface area contributed by atoms with Crippen LogP contribution in [0.15, 0.2) is 36.1 Å². The summed E-state index contributed by atoms with van der Waals surface area (Å²) >= 11 is 7.67. The van der Waals surface area contributed by atoms with Gasteiger partial charge in [0.25, 0.3) is 5.91 Å². The van der Waals surface area contributed by atoms with E-state index in [9.17, 15) is 9.59 Å². The second kappa shape index (κ2) is 7.52. The van der Waals surface area contributed by atoms with Crippen LogP contribution in [0.4, 0.5) is 0 Å². The molecule has 0 saturated carbocycles. The predicted molar refractivity (Wildman–Crippen MR) is 84.7 cm³/mol. The van der Waals surface area contributed by atoms with Crippen molar-refractivity contribution < 1.29 is 14.3 Å². The van der Waals surface area contributed by atoms with Gasteiger partial charge < -0.3 is 14.4 Å². The van der Waals surface area contributed by atoms with Gasteiger partial charge in [-0.15, -0.1) is 0 Å². The normalized spacial score (nSPS) is 15.8. The van der Waals surface area contributed by atoms with Gasteiger partial charge >= 0.3 is 0 Å². The van der Waals surface area contributed by atoms with Crippen LogP contribution in [0.5, 0.6) is 5.75 Å². The van der Waals surface area contributed by atoms with Crippen molar-refractivity contribution in [1.82, 2.24) is 4.90 Å². The molecule has 0 N–H and O–H groups in total. The van der Waals surface area contributed by atoms with E-state index >= 15 is 0 Å². The van der Waals surface area contributed by atoms with Crippen LogP contribution in [0.3, 0.4) is 0 Å². The van der Waals surface area contributed by atoms with E-state index in [0.29, 0.717) is 29.5 Å². The van der Waals surface area contributed by atoms with E-state index in [0.717, 1.165) is 12.0 Å². The number of halogens is 1. The van der Waals surface area contributed by atoms with Gasteiger partial charge in [-0.05, 0) is 30.6 Å². The third kappa shape index (κ3) is 4.02. The number of para-hydroxylation sites is 1. The van der Waals surface area contributed by atoms with Gasteiger partial charge in [-0.25, -0.2) is 0 Å². The zero-order chi connectivity index (χ0) is 15.2. The molecule has 0 aliphatic carbocycles. The van der Waals surface area contributed by atoms with Gasteiger partial charge in [0.1, 0.15) is 17.8 Å². The van der Waals surface area contributed by atoms with Crippen LogP contribution < -0.4 is 4.74 Å². The maximum Gasteiger partial charge on any atom is 0.251 e. The van der Waals surface area contributed by atoms with Crippen molar-refractivity contribution in [2.75, 3.05) is 18.6 Å². The van der Waals surface area contributed by atoms with Crippen LogP contribution in [0.1, 0.15) is 6.42 Å². The van der Waals surface area contributed by atoms with Crippen LogP contribution in [0.25, 0.3) is 0 Å². The number of amides is 1. The van der Waals surface area contributed by atoms with Gasteiger partial charge in [-0.3, -0.25) is 4.79 Å². The Kier molecular flexibility index (Phi) is 5.70. The number of carbonyl (C=O) groups excluding carboxylic acids is 2. The number of benzene rings is 1. The monoisotopic (exact) mass is 325 g/mol. The van der Waals surface area contributed by atoms with E-state index in [4.69, 9.17) is 16.3 Å². The average molecular weight is 326 g/mol. The summed E-state index contributed by atoms with van der Waals surface area (Å²) in [4.78, 5) is 24.7. The number of hydrogen-bond acceptors (Lipinski definition) is 4. The lowest BCUT2D eigenvalue weighted by molar-refractivity contribution is -0.130. The van der Waals surface area contributed by atoms with E-state index in [1.54, 1.807) is 30.0 Å². The molecule has 1 aromatic rings. The Morgan fingerprint density at radius 2 is 2.24 bits per heavy atom. The molecule has 0 fully saturated rings. The highest BCUT2D eigenvalue weighted by Crippen LogP contribution is 2.27. The summed E-state index contributed by atoms with van der Waals surface area (Å²) in [6.45, 7) is 0.293. The molecule has 0 saturated heterocycles. The Hall–Kier alpha value is -1.46. The van der Waals surface area contributed by atoms with E-state index in [-0.39, 0.29) is 5.91 Å². The van der Waals surface area contributed by atoms with Crippen molar-refractivity contribution in [1.29, 1.82) is 0 Å². The number of ether oxygens (including phenoxy) is 1. The van der Waals surface area contributed by atoms with Gasteiger partial charge in [0.2, 0.25) is 0 Å². The van der Waals surface area contributed by atoms with E-state index in [1.807, 2.05) is 12.3 Å². The van der Waals surface area contributed by atoms with Crippen molar-refractivity contribution in [3.63, 3.8) is 0 Å². The molecule has 1 heterocycles. The lowest BCUT2D eigenvalue weighted by Gasteiger charge is -2.23. The van der Waals surface area contributed by atoms with Crippen LogP contribution >= 0.6 is 23.4 Å². The van der Waals surface area contributed by atoms with E-state index < -0.39 is 6.04 Å². The molecule has 1 aromatic carbocycles. The Morgan fingerprint density at radius 3 is 2.90 bits per heavy atom. The van der Waals surface area contributed by atoms with Crippen LogP contribution in [-0.2, 0) is 9.59 Å². The highest BCUT2D eigenvalue weighted by molar-refractivity contribution is 7.98. The molecule has 21 heavy (non-hydrogen) atoms. The van der Waals surface area contributed by atoms with Crippen molar-refractivity contribution in [2.45, 2.75) is 12.5 Å². The molecule has 0 spiro atoms. The molecule has 1 amide bonds. The summed E-state index contributed by atoms with van der Waals surface area (Å²) in [6, 6.07) is 6.66. The Bertz CT molecular complexity index is 562. The van der Waals surface area contributed by atoms with Gasteiger partial charge in [-0.2, -0.15) is 11.8 Å². The van der Waals surface area contributed by atoms with Crippen LogP contribution in [0.2, 0.25) is 5.02 Å². The predicted octanol–water partition coefficient (Wildman–Crippen LogP) is 2.77. The summed E-state index contributed by atoms with van der Waals surface area (Å²) in [5.41, 5.74) is 0. The Labute approximate surface area is 133 Å². The van der Waals surface area contributed by atoms with Crippen molar-refractivity contribution in [3.8, 4) is 5.75 Å². The number of hydrogen-bond donors (Lipinski definition) is 0. The molecule has 0 aromatic heterocycles. The van der Waals surface area contributed by atoms with Crippen molar-refractivity contribution in [2.24, 2.45) is 0 Å². The molecule has 0 bridgehead atoms. The molecule has 4 nitrogen and oxygen atoms in total. The van der Waals surface area contributed by atoms with Crippen LogP contribution in [0, 0.1) is 0 Å². The molecular weight excluding hydrogens is 310 g/mol. The van der Waals surface area contributed by atoms with Gasteiger partial charge in [0, 0.05) is 6.08 Å². The van der Waals surface area contributed by atoms with E-state index in [2.05, 4.69) is 0 Å². The van der Waals surface area contributed by atoms with Crippen LogP contribution in [-0.4, -0.2) is 41.7 Å². The minimum absolute atomic E-state index is 0.199. The smallest absolute Gasteiger partial charge is 0.251 e. The fourth-order valence-electron chi connectivity index (χ4n) is 2.06. The summed E-state index contributed by atoms with van der Waals surface area (Å²) in [6.07, 6.45) is 4.85. The molecule has 0 radical (unpaired) electrons.